The Morgan fingerprint density at radius 3 is 2.10 bits per heavy atom. The number of likely N-dealkylation sites (tertiary alicyclic amines) is 1. The molecule has 20 heavy (non-hydrogen) atoms. The van der Waals surface area contributed by atoms with E-state index >= 15 is 0 Å². The van der Waals surface area contributed by atoms with Gasteiger partial charge < -0.3 is 0 Å². The van der Waals surface area contributed by atoms with Gasteiger partial charge in [-0.25, -0.2) is 0 Å². The van der Waals surface area contributed by atoms with Gasteiger partial charge in [-0.2, -0.15) is 0 Å². The smallest absolute Gasteiger partial charge is 0.0456 e. The molecule has 0 bridgehead atoms. The molecule has 1 aromatic carbocycles. The maximum Gasteiger partial charge on any atom is 0.0456 e. The standard InChI is InChI=1S/C18H27N2/c1-19(2)18(16-8-4-3-5-9-16)12-10-17(11-13-18)20-14-6-7-15-20/h3-5,8-9H,6-7,10-15H2,1-2H3. The van der Waals surface area contributed by atoms with Gasteiger partial charge in [-0.05, 0) is 71.3 Å². The maximum absolute atomic E-state index is 2.66. The summed E-state index contributed by atoms with van der Waals surface area (Å²) in [5.41, 5.74) is 1.73. The first kappa shape index (κ1) is 14.1. The van der Waals surface area contributed by atoms with Crippen LogP contribution >= 0.6 is 0 Å². The summed E-state index contributed by atoms with van der Waals surface area (Å²) in [6.45, 7) is 2.60. The highest BCUT2D eigenvalue weighted by Gasteiger charge is 2.40. The first-order chi connectivity index (χ1) is 9.72. The molecule has 2 aliphatic rings. The van der Waals surface area contributed by atoms with Crippen molar-refractivity contribution in [2.45, 2.75) is 44.1 Å². The van der Waals surface area contributed by atoms with Crippen LogP contribution in [-0.4, -0.2) is 37.0 Å². The Hall–Kier alpha value is -0.860. The van der Waals surface area contributed by atoms with Crippen LogP contribution < -0.4 is 0 Å². The molecule has 0 spiro atoms. The summed E-state index contributed by atoms with van der Waals surface area (Å²) in [5, 5.41) is 0. The van der Waals surface area contributed by atoms with E-state index in [0.717, 1.165) is 0 Å². The van der Waals surface area contributed by atoms with Crippen molar-refractivity contribution in [3.8, 4) is 0 Å². The van der Waals surface area contributed by atoms with Gasteiger partial charge in [0.2, 0.25) is 0 Å². The molecule has 0 amide bonds. The lowest BCUT2D eigenvalue weighted by molar-refractivity contribution is 0.0870. The predicted molar refractivity (Wildman–Crippen MR) is 84.3 cm³/mol. The minimum atomic E-state index is 0.241. The molecule has 1 saturated heterocycles. The summed E-state index contributed by atoms with van der Waals surface area (Å²) in [6.07, 6.45) is 7.84. The van der Waals surface area contributed by atoms with Gasteiger partial charge in [-0.3, -0.25) is 9.80 Å². The third-order valence-corrected chi connectivity index (χ3v) is 5.37. The fraction of sp³-hybridized carbons (Fsp3) is 0.611. The molecule has 0 unspecified atom stereocenters. The molecular weight excluding hydrogens is 244 g/mol. The Balaban J connectivity index is 1.75. The Kier molecular flexibility index (Phi) is 4.13. The van der Waals surface area contributed by atoms with Crippen molar-refractivity contribution in [2.75, 3.05) is 27.2 Å². The van der Waals surface area contributed by atoms with Gasteiger partial charge in [0.05, 0.1) is 0 Å². The Morgan fingerprint density at radius 2 is 1.55 bits per heavy atom. The molecule has 1 heterocycles. The number of rotatable bonds is 3. The van der Waals surface area contributed by atoms with E-state index in [1.54, 1.807) is 6.04 Å². The van der Waals surface area contributed by atoms with Gasteiger partial charge in [-0.1, -0.05) is 30.3 Å². The molecule has 0 atom stereocenters. The van der Waals surface area contributed by atoms with Crippen LogP contribution in [0.3, 0.4) is 0 Å². The molecule has 2 nitrogen and oxygen atoms in total. The topological polar surface area (TPSA) is 6.48 Å². The fourth-order valence-corrected chi connectivity index (χ4v) is 4.04. The van der Waals surface area contributed by atoms with Gasteiger partial charge >= 0.3 is 0 Å². The monoisotopic (exact) mass is 271 g/mol. The first-order valence-corrected chi connectivity index (χ1v) is 8.05. The number of hydrogen-bond donors (Lipinski definition) is 0. The third kappa shape index (κ3) is 2.51. The SMILES string of the molecule is CN(C)C1(c2ccccc2)CC[C](N2CCCC2)CC1. The minimum absolute atomic E-state index is 0.241. The molecule has 0 N–H and O–H groups in total. The highest BCUT2D eigenvalue weighted by Crippen LogP contribution is 2.45. The molecule has 1 aliphatic heterocycles. The van der Waals surface area contributed by atoms with Gasteiger partial charge in [0.25, 0.3) is 0 Å². The highest BCUT2D eigenvalue weighted by atomic mass is 15.2. The maximum atomic E-state index is 2.66. The number of hydrogen-bond acceptors (Lipinski definition) is 2. The average molecular weight is 271 g/mol. The summed E-state index contributed by atoms with van der Waals surface area (Å²) < 4.78 is 0. The molecule has 1 saturated carbocycles. The van der Waals surface area contributed by atoms with Crippen molar-refractivity contribution in [2.24, 2.45) is 0 Å². The second-order valence-electron chi connectivity index (χ2n) is 6.55. The zero-order chi connectivity index (χ0) is 14.0. The average Bonchev–Trinajstić information content (AvgIpc) is 3.02. The van der Waals surface area contributed by atoms with Gasteiger partial charge in [-0.15, -0.1) is 0 Å². The normalized spacial score (nSPS) is 24.4. The quantitative estimate of drug-likeness (QED) is 0.828. The van der Waals surface area contributed by atoms with Crippen LogP contribution in [-0.2, 0) is 5.54 Å². The Bertz CT molecular complexity index is 412. The molecule has 1 aromatic rings. The van der Waals surface area contributed by atoms with E-state index in [-0.39, 0.29) is 5.54 Å². The highest BCUT2D eigenvalue weighted by molar-refractivity contribution is 5.26. The fourth-order valence-electron chi connectivity index (χ4n) is 4.04. The first-order valence-electron chi connectivity index (χ1n) is 8.05. The second-order valence-corrected chi connectivity index (χ2v) is 6.55. The molecule has 2 fully saturated rings. The lowest BCUT2D eigenvalue weighted by atomic mass is 9.73. The van der Waals surface area contributed by atoms with Crippen LogP contribution in [0.25, 0.3) is 0 Å². The van der Waals surface area contributed by atoms with Gasteiger partial charge in [0.15, 0.2) is 0 Å². The molecule has 1 radical (unpaired) electrons. The van der Waals surface area contributed by atoms with E-state index in [2.05, 4.69) is 54.2 Å². The lowest BCUT2D eigenvalue weighted by Gasteiger charge is -2.47. The van der Waals surface area contributed by atoms with E-state index in [1.165, 1.54) is 57.2 Å². The molecule has 1 aliphatic carbocycles. The molecule has 109 valence electrons. The van der Waals surface area contributed by atoms with E-state index in [1.807, 2.05) is 0 Å². The van der Waals surface area contributed by atoms with Crippen molar-refractivity contribution in [3.63, 3.8) is 0 Å². The van der Waals surface area contributed by atoms with E-state index in [4.69, 9.17) is 0 Å². The number of benzene rings is 1. The minimum Gasteiger partial charge on any atom is -0.300 e. The molecule has 2 heteroatoms. The second kappa shape index (κ2) is 5.87. The third-order valence-electron chi connectivity index (χ3n) is 5.37. The van der Waals surface area contributed by atoms with Crippen LogP contribution in [0.4, 0.5) is 0 Å². The van der Waals surface area contributed by atoms with E-state index in [0.29, 0.717) is 0 Å². The molecule has 3 rings (SSSR count). The zero-order valence-corrected chi connectivity index (χ0v) is 12.9. The van der Waals surface area contributed by atoms with Crippen molar-refractivity contribution in [1.29, 1.82) is 0 Å². The van der Waals surface area contributed by atoms with Crippen molar-refractivity contribution < 1.29 is 0 Å². The Morgan fingerprint density at radius 1 is 0.950 bits per heavy atom. The van der Waals surface area contributed by atoms with Gasteiger partial charge in [0.1, 0.15) is 0 Å². The van der Waals surface area contributed by atoms with E-state index in [9.17, 15) is 0 Å². The molecular formula is C18H27N2. The summed E-state index contributed by atoms with van der Waals surface area (Å²) >= 11 is 0. The largest absolute Gasteiger partial charge is 0.300 e. The Labute approximate surface area is 123 Å². The number of nitrogens with zero attached hydrogens (tertiary/aromatic N) is 2. The van der Waals surface area contributed by atoms with Crippen LogP contribution in [0.1, 0.15) is 44.1 Å². The van der Waals surface area contributed by atoms with Crippen molar-refractivity contribution in [3.05, 3.63) is 41.9 Å². The van der Waals surface area contributed by atoms with E-state index < -0.39 is 0 Å². The van der Waals surface area contributed by atoms with Crippen LogP contribution in [0, 0.1) is 6.04 Å². The summed E-state index contributed by atoms with van der Waals surface area (Å²) in [6, 6.07) is 12.8. The van der Waals surface area contributed by atoms with Crippen molar-refractivity contribution >= 4 is 0 Å². The predicted octanol–water partition coefficient (Wildman–Crippen LogP) is 3.65. The van der Waals surface area contributed by atoms with Crippen LogP contribution in [0.5, 0.6) is 0 Å². The summed E-state index contributed by atoms with van der Waals surface area (Å²) in [7, 11) is 4.49. The lowest BCUT2D eigenvalue weighted by Crippen LogP contribution is -2.46. The summed E-state index contributed by atoms with van der Waals surface area (Å²) in [5.74, 6) is 0. The molecule has 0 aromatic heterocycles. The van der Waals surface area contributed by atoms with Crippen LogP contribution in [0.15, 0.2) is 30.3 Å². The van der Waals surface area contributed by atoms with Crippen molar-refractivity contribution in [1.82, 2.24) is 9.80 Å². The summed E-state index contributed by atoms with van der Waals surface area (Å²) in [4.78, 5) is 5.10. The zero-order valence-electron chi connectivity index (χ0n) is 12.9. The van der Waals surface area contributed by atoms with Crippen LogP contribution in [0.2, 0.25) is 0 Å². The van der Waals surface area contributed by atoms with Gasteiger partial charge in [0, 0.05) is 11.6 Å².